The highest BCUT2D eigenvalue weighted by molar-refractivity contribution is 9.10. The number of rotatable bonds is 3. The van der Waals surface area contributed by atoms with Crippen molar-refractivity contribution in [3.05, 3.63) is 45.7 Å². The molecule has 0 saturated carbocycles. The van der Waals surface area contributed by atoms with Gasteiger partial charge in [-0.1, -0.05) is 33.6 Å². The number of aromatic nitrogens is 2. The van der Waals surface area contributed by atoms with Gasteiger partial charge in [0.15, 0.2) is 0 Å². The van der Waals surface area contributed by atoms with E-state index >= 15 is 0 Å². The van der Waals surface area contributed by atoms with Crippen LogP contribution in [0.15, 0.2) is 40.0 Å². The van der Waals surface area contributed by atoms with E-state index in [1.54, 1.807) is 6.07 Å². The minimum Gasteiger partial charge on any atom is -0.267 e. The Morgan fingerprint density at radius 2 is 2.11 bits per heavy atom. The van der Waals surface area contributed by atoms with E-state index < -0.39 is 9.05 Å². The van der Waals surface area contributed by atoms with Crippen LogP contribution in [0.5, 0.6) is 0 Å². The molecule has 1 aromatic carbocycles. The highest BCUT2D eigenvalue weighted by atomic mass is 79.9. The van der Waals surface area contributed by atoms with Crippen molar-refractivity contribution in [1.82, 2.24) is 9.78 Å². The van der Waals surface area contributed by atoms with Crippen LogP contribution in [0.2, 0.25) is 5.02 Å². The molecule has 0 aliphatic rings. The van der Waals surface area contributed by atoms with Crippen LogP contribution < -0.4 is 0 Å². The van der Waals surface area contributed by atoms with Gasteiger partial charge in [-0.3, -0.25) is 4.68 Å². The molecule has 2 aromatic rings. The van der Waals surface area contributed by atoms with Gasteiger partial charge in [-0.05, 0) is 17.7 Å². The van der Waals surface area contributed by atoms with Gasteiger partial charge in [0.05, 0.1) is 12.7 Å². The molecule has 0 fully saturated rings. The van der Waals surface area contributed by atoms with E-state index in [9.17, 15) is 8.42 Å². The van der Waals surface area contributed by atoms with E-state index in [0.29, 0.717) is 11.6 Å². The molecular formula is C10H7BrCl2N2O2S. The van der Waals surface area contributed by atoms with E-state index in [-0.39, 0.29) is 4.90 Å². The Morgan fingerprint density at radius 1 is 1.39 bits per heavy atom. The number of benzene rings is 1. The van der Waals surface area contributed by atoms with Crippen LogP contribution in [0, 0.1) is 0 Å². The van der Waals surface area contributed by atoms with Gasteiger partial charge in [-0.25, -0.2) is 8.42 Å². The Labute approximate surface area is 122 Å². The maximum Gasteiger partial charge on any atom is 0.264 e. The average Bonchev–Trinajstić information content (AvgIpc) is 2.70. The average molecular weight is 370 g/mol. The maximum atomic E-state index is 11.1. The zero-order valence-corrected chi connectivity index (χ0v) is 12.8. The Kier molecular flexibility index (Phi) is 4.01. The summed E-state index contributed by atoms with van der Waals surface area (Å²) in [6.07, 6.45) is 2.57. The minimum absolute atomic E-state index is 0.0302. The third-order valence-electron chi connectivity index (χ3n) is 2.24. The zero-order chi connectivity index (χ0) is 13.3. The summed E-state index contributed by atoms with van der Waals surface area (Å²) in [6.45, 7) is 0.374. The van der Waals surface area contributed by atoms with E-state index in [0.717, 1.165) is 10.0 Å². The number of nitrogens with zero attached hydrogens (tertiary/aromatic N) is 2. The van der Waals surface area contributed by atoms with Crippen LogP contribution >= 0.6 is 38.2 Å². The first-order valence-corrected chi connectivity index (χ1v) is 8.25. The van der Waals surface area contributed by atoms with Gasteiger partial charge in [0.2, 0.25) is 0 Å². The molecular weight excluding hydrogens is 363 g/mol. The first-order chi connectivity index (χ1) is 8.36. The molecule has 18 heavy (non-hydrogen) atoms. The van der Waals surface area contributed by atoms with Crippen molar-refractivity contribution in [3.63, 3.8) is 0 Å². The highest BCUT2D eigenvalue weighted by Gasteiger charge is 2.13. The largest absolute Gasteiger partial charge is 0.267 e. The molecule has 0 atom stereocenters. The summed E-state index contributed by atoms with van der Waals surface area (Å²) in [5, 5.41) is 4.50. The molecule has 0 aliphatic heterocycles. The lowest BCUT2D eigenvalue weighted by Gasteiger charge is -2.04. The molecule has 2 rings (SSSR count). The van der Waals surface area contributed by atoms with E-state index in [1.165, 1.54) is 17.1 Å². The minimum atomic E-state index is -3.74. The van der Waals surface area contributed by atoms with Crippen molar-refractivity contribution < 1.29 is 8.42 Å². The Hall–Kier alpha value is -0.560. The van der Waals surface area contributed by atoms with Gasteiger partial charge in [0, 0.05) is 26.4 Å². The van der Waals surface area contributed by atoms with Gasteiger partial charge in [-0.15, -0.1) is 0 Å². The third-order valence-corrected chi connectivity index (χ3v) is 4.39. The molecule has 96 valence electrons. The normalized spacial score (nSPS) is 11.7. The first kappa shape index (κ1) is 13.9. The summed E-state index contributed by atoms with van der Waals surface area (Å²) in [7, 11) is 1.47. The molecule has 0 spiro atoms. The predicted molar refractivity (Wildman–Crippen MR) is 73.5 cm³/mol. The van der Waals surface area contributed by atoms with Crippen molar-refractivity contribution in [2.45, 2.75) is 11.4 Å². The monoisotopic (exact) mass is 368 g/mol. The molecule has 4 nitrogen and oxygen atoms in total. The zero-order valence-electron chi connectivity index (χ0n) is 8.85. The lowest BCUT2D eigenvalue weighted by Crippen LogP contribution is -2.00. The van der Waals surface area contributed by atoms with Crippen LogP contribution in [-0.2, 0) is 15.6 Å². The summed E-state index contributed by atoms with van der Waals surface area (Å²) in [5.74, 6) is 0. The third kappa shape index (κ3) is 3.26. The highest BCUT2D eigenvalue weighted by Crippen LogP contribution is 2.22. The summed E-state index contributed by atoms with van der Waals surface area (Å²) in [4.78, 5) is -0.0302. The molecule has 0 aliphatic carbocycles. The Balaban J connectivity index is 2.27. The van der Waals surface area contributed by atoms with E-state index in [4.69, 9.17) is 22.3 Å². The maximum absolute atomic E-state index is 11.1. The molecule has 0 bridgehead atoms. The second-order valence-corrected chi connectivity index (χ2v) is 7.44. The first-order valence-electron chi connectivity index (χ1n) is 4.77. The summed E-state index contributed by atoms with van der Waals surface area (Å²) < 4.78 is 24.5. The van der Waals surface area contributed by atoms with Crippen LogP contribution in [0.3, 0.4) is 0 Å². The molecule has 0 radical (unpaired) electrons. The number of hydrogen-bond donors (Lipinski definition) is 0. The second kappa shape index (κ2) is 5.21. The topological polar surface area (TPSA) is 52.0 Å². The van der Waals surface area contributed by atoms with Gasteiger partial charge < -0.3 is 0 Å². The van der Waals surface area contributed by atoms with E-state index in [2.05, 4.69) is 21.0 Å². The number of halogens is 3. The van der Waals surface area contributed by atoms with Crippen molar-refractivity contribution in [3.8, 4) is 0 Å². The van der Waals surface area contributed by atoms with Crippen LogP contribution in [-0.4, -0.2) is 18.2 Å². The second-order valence-electron chi connectivity index (χ2n) is 3.55. The summed E-state index contributed by atoms with van der Waals surface area (Å²) >= 11 is 9.37. The molecule has 0 amide bonds. The Morgan fingerprint density at radius 3 is 2.67 bits per heavy atom. The summed E-state index contributed by atoms with van der Waals surface area (Å²) in [6, 6.07) is 5.45. The predicted octanol–water partition coefficient (Wildman–Crippen LogP) is 3.27. The van der Waals surface area contributed by atoms with Crippen molar-refractivity contribution in [2.24, 2.45) is 0 Å². The van der Waals surface area contributed by atoms with Crippen molar-refractivity contribution >= 4 is 47.3 Å². The van der Waals surface area contributed by atoms with Gasteiger partial charge >= 0.3 is 0 Å². The quantitative estimate of drug-likeness (QED) is 0.780. The molecule has 0 unspecified atom stereocenters. The van der Waals surface area contributed by atoms with Gasteiger partial charge in [0.25, 0.3) is 9.05 Å². The SMILES string of the molecule is O=S(=O)(Cl)c1cnn(Cc2ccc(Br)cc2Cl)c1. The molecule has 0 N–H and O–H groups in total. The van der Waals surface area contributed by atoms with E-state index in [1.807, 2.05) is 12.1 Å². The number of hydrogen-bond acceptors (Lipinski definition) is 3. The molecule has 1 aromatic heterocycles. The smallest absolute Gasteiger partial charge is 0.264 e. The fourth-order valence-electron chi connectivity index (χ4n) is 1.38. The Bertz CT molecular complexity index is 685. The lowest BCUT2D eigenvalue weighted by molar-refractivity contribution is 0.609. The van der Waals surface area contributed by atoms with Crippen LogP contribution in [0.4, 0.5) is 0 Å². The fourth-order valence-corrected chi connectivity index (χ4v) is 2.77. The molecule has 8 heteroatoms. The van der Waals surface area contributed by atoms with Crippen LogP contribution in [0.1, 0.15) is 5.56 Å². The van der Waals surface area contributed by atoms with Crippen molar-refractivity contribution in [1.29, 1.82) is 0 Å². The molecule has 0 saturated heterocycles. The summed E-state index contributed by atoms with van der Waals surface area (Å²) in [5.41, 5.74) is 0.835. The lowest BCUT2D eigenvalue weighted by atomic mass is 10.2. The standard InChI is InChI=1S/C10H7BrCl2N2O2S/c11-8-2-1-7(10(12)3-8)5-15-6-9(4-14-15)18(13,16)17/h1-4,6H,5H2. The molecule has 1 heterocycles. The van der Waals surface area contributed by atoms with Crippen molar-refractivity contribution in [2.75, 3.05) is 0 Å². The van der Waals surface area contributed by atoms with Gasteiger partial charge in [-0.2, -0.15) is 5.10 Å². The van der Waals surface area contributed by atoms with Crippen LogP contribution in [0.25, 0.3) is 0 Å². The fraction of sp³-hybridized carbons (Fsp3) is 0.100. The van der Waals surface area contributed by atoms with Gasteiger partial charge in [0.1, 0.15) is 4.90 Å².